The molecule has 2 aliphatic rings. The highest BCUT2D eigenvalue weighted by molar-refractivity contribution is 6.00. The van der Waals surface area contributed by atoms with Crippen LogP contribution in [-0.2, 0) is 4.79 Å². The first-order valence-corrected chi connectivity index (χ1v) is 9.89. The Morgan fingerprint density at radius 1 is 1.07 bits per heavy atom. The van der Waals surface area contributed by atoms with Crippen molar-refractivity contribution in [3.63, 3.8) is 0 Å². The molecule has 0 bridgehead atoms. The van der Waals surface area contributed by atoms with Gasteiger partial charge < -0.3 is 14.8 Å². The average Bonchev–Trinajstić information content (AvgIpc) is 3.26. The quantitative estimate of drug-likeness (QED) is 0.717. The second kappa shape index (κ2) is 7.33. The van der Waals surface area contributed by atoms with Crippen molar-refractivity contribution < 1.29 is 14.3 Å². The molecule has 2 heterocycles. The van der Waals surface area contributed by atoms with Crippen molar-refractivity contribution in [3.8, 4) is 11.5 Å². The molecular weight excluding hydrogens is 380 g/mol. The fraction of sp³-hybridized carbons (Fsp3) is 0.261. The van der Waals surface area contributed by atoms with E-state index in [1.807, 2.05) is 36.4 Å². The van der Waals surface area contributed by atoms with E-state index >= 15 is 0 Å². The number of hydrogen-bond acceptors (Lipinski definition) is 6. The summed E-state index contributed by atoms with van der Waals surface area (Å²) in [5, 5.41) is 7.76. The van der Waals surface area contributed by atoms with Crippen LogP contribution < -0.4 is 14.8 Å². The van der Waals surface area contributed by atoms with E-state index in [0.717, 1.165) is 23.3 Å². The number of ketones is 1. The van der Waals surface area contributed by atoms with Gasteiger partial charge in [0.25, 0.3) is 0 Å². The maximum atomic E-state index is 13.4. The van der Waals surface area contributed by atoms with Crippen molar-refractivity contribution in [1.82, 2.24) is 14.8 Å². The number of methoxy groups -OCH3 is 2. The number of carbonyl (C=O) groups is 1. The van der Waals surface area contributed by atoms with E-state index < -0.39 is 6.04 Å². The Bertz CT molecular complexity index is 1140. The maximum Gasteiger partial charge on any atom is 0.226 e. The largest absolute Gasteiger partial charge is 0.497 e. The maximum absolute atomic E-state index is 13.4. The molecule has 0 radical (unpaired) electrons. The third-order valence-electron chi connectivity index (χ3n) is 5.87. The molecule has 5 rings (SSSR count). The van der Waals surface area contributed by atoms with Crippen LogP contribution in [0.5, 0.6) is 11.5 Å². The average molecular weight is 402 g/mol. The van der Waals surface area contributed by atoms with Gasteiger partial charge in [-0.25, -0.2) is 4.68 Å². The number of anilines is 1. The summed E-state index contributed by atoms with van der Waals surface area (Å²) in [6.45, 7) is 0. The van der Waals surface area contributed by atoms with E-state index in [1.165, 1.54) is 11.9 Å². The Hall–Kier alpha value is -3.61. The fourth-order valence-corrected chi connectivity index (χ4v) is 4.44. The van der Waals surface area contributed by atoms with Gasteiger partial charge in [0.2, 0.25) is 5.95 Å². The summed E-state index contributed by atoms with van der Waals surface area (Å²) in [7, 11) is 3.23. The highest BCUT2D eigenvalue weighted by atomic mass is 16.5. The lowest BCUT2D eigenvalue weighted by Crippen LogP contribution is -2.33. The number of benzene rings is 2. The lowest BCUT2D eigenvalue weighted by Gasteiger charge is -2.35. The van der Waals surface area contributed by atoms with Crippen molar-refractivity contribution >= 4 is 11.7 Å². The molecule has 2 atom stereocenters. The minimum Gasteiger partial charge on any atom is -0.497 e. The Balaban J connectivity index is 1.63. The van der Waals surface area contributed by atoms with Gasteiger partial charge in [-0.15, -0.1) is 0 Å². The van der Waals surface area contributed by atoms with Gasteiger partial charge in [0.15, 0.2) is 5.78 Å². The van der Waals surface area contributed by atoms with E-state index in [2.05, 4.69) is 27.5 Å². The number of Topliss-reactive ketones (excluding diaryl/α,β-unsaturated/α-hetero) is 1. The SMILES string of the molecule is COc1ccc([C@H]2C3=C(C[C@@H](c4ccccc4)CC3=O)Nc3ncnn32)c(OC)c1. The summed E-state index contributed by atoms with van der Waals surface area (Å²) >= 11 is 0. The first kappa shape index (κ1) is 18.4. The van der Waals surface area contributed by atoms with Crippen LogP contribution in [0.2, 0.25) is 0 Å². The highest BCUT2D eigenvalue weighted by Gasteiger charge is 2.40. The van der Waals surface area contributed by atoms with Gasteiger partial charge in [-0.1, -0.05) is 30.3 Å². The van der Waals surface area contributed by atoms with Crippen LogP contribution in [0.15, 0.2) is 66.1 Å². The molecule has 0 saturated carbocycles. The number of carbonyl (C=O) groups excluding carboxylic acids is 1. The number of allylic oxidation sites excluding steroid dienone is 2. The Morgan fingerprint density at radius 2 is 1.90 bits per heavy atom. The van der Waals surface area contributed by atoms with Crippen molar-refractivity contribution in [1.29, 1.82) is 0 Å². The van der Waals surface area contributed by atoms with E-state index in [9.17, 15) is 4.79 Å². The van der Waals surface area contributed by atoms with Crippen LogP contribution in [0.25, 0.3) is 0 Å². The standard InChI is InChI=1S/C23H22N4O3/c1-29-16-8-9-17(20(12-16)30-2)22-21-18(26-23-24-13-25-27(22)23)10-15(11-19(21)28)14-6-4-3-5-7-14/h3-9,12-13,15,22H,10-11H2,1-2H3,(H,24,25,26)/t15-,22+/m1/s1. The zero-order valence-corrected chi connectivity index (χ0v) is 16.8. The molecule has 7 heteroatoms. The van der Waals surface area contributed by atoms with Gasteiger partial charge in [0.05, 0.1) is 14.2 Å². The van der Waals surface area contributed by atoms with Crippen LogP contribution in [0.4, 0.5) is 5.95 Å². The summed E-state index contributed by atoms with van der Waals surface area (Å²) in [5.74, 6) is 2.21. The molecule has 0 saturated heterocycles. The molecule has 7 nitrogen and oxygen atoms in total. The van der Waals surface area contributed by atoms with Crippen molar-refractivity contribution in [2.75, 3.05) is 19.5 Å². The molecule has 0 fully saturated rings. The Kier molecular flexibility index (Phi) is 4.50. The Morgan fingerprint density at radius 3 is 2.67 bits per heavy atom. The minimum absolute atomic E-state index is 0.113. The summed E-state index contributed by atoms with van der Waals surface area (Å²) in [6, 6.07) is 15.4. The molecule has 0 amide bonds. The van der Waals surface area contributed by atoms with E-state index in [-0.39, 0.29) is 11.7 Å². The van der Waals surface area contributed by atoms with E-state index in [4.69, 9.17) is 9.47 Å². The lowest BCUT2D eigenvalue weighted by molar-refractivity contribution is -0.116. The molecule has 152 valence electrons. The zero-order chi connectivity index (χ0) is 20.7. The number of nitrogens with one attached hydrogen (secondary N) is 1. The fourth-order valence-electron chi connectivity index (χ4n) is 4.44. The first-order chi connectivity index (χ1) is 14.7. The normalized spacial score (nSPS) is 20.3. The number of hydrogen-bond donors (Lipinski definition) is 1. The van der Waals surface area contributed by atoms with Crippen LogP contribution >= 0.6 is 0 Å². The van der Waals surface area contributed by atoms with Crippen molar-refractivity contribution in [2.24, 2.45) is 0 Å². The van der Waals surface area contributed by atoms with E-state index in [1.54, 1.807) is 18.9 Å². The van der Waals surface area contributed by atoms with Crippen molar-refractivity contribution in [2.45, 2.75) is 24.8 Å². The predicted molar refractivity (Wildman–Crippen MR) is 112 cm³/mol. The summed E-state index contributed by atoms with van der Waals surface area (Å²) in [6.07, 6.45) is 2.71. The van der Waals surface area contributed by atoms with Gasteiger partial charge in [0.1, 0.15) is 23.9 Å². The molecule has 2 aromatic carbocycles. The predicted octanol–water partition coefficient (Wildman–Crippen LogP) is 3.71. The number of rotatable bonds is 4. The lowest BCUT2D eigenvalue weighted by atomic mass is 9.78. The smallest absolute Gasteiger partial charge is 0.226 e. The van der Waals surface area contributed by atoms with Crippen LogP contribution in [0.1, 0.15) is 35.9 Å². The Labute approximate surface area is 174 Å². The third kappa shape index (κ3) is 2.94. The van der Waals surface area contributed by atoms with Crippen LogP contribution in [0, 0.1) is 0 Å². The zero-order valence-electron chi connectivity index (χ0n) is 16.8. The van der Waals surface area contributed by atoms with Crippen LogP contribution in [0.3, 0.4) is 0 Å². The van der Waals surface area contributed by atoms with Crippen LogP contribution in [-0.4, -0.2) is 34.8 Å². The molecule has 3 aromatic rings. The second-order valence-electron chi connectivity index (χ2n) is 7.49. The molecule has 1 aliphatic carbocycles. The molecule has 1 N–H and O–H groups in total. The summed E-state index contributed by atoms with van der Waals surface area (Å²) in [5.41, 5.74) is 3.66. The summed E-state index contributed by atoms with van der Waals surface area (Å²) < 4.78 is 12.7. The summed E-state index contributed by atoms with van der Waals surface area (Å²) in [4.78, 5) is 17.8. The van der Waals surface area contributed by atoms with E-state index in [0.29, 0.717) is 23.9 Å². The van der Waals surface area contributed by atoms with Gasteiger partial charge >= 0.3 is 0 Å². The highest BCUT2D eigenvalue weighted by Crippen LogP contribution is 2.46. The number of fused-ring (bicyclic) bond motifs is 1. The minimum atomic E-state index is -0.399. The third-order valence-corrected chi connectivity index (χ3v) is 5.87. The van der Waals surface area contributed by atoms with Gasteiger partial charge in [-0.05, 0) is 30.0 Å². The van der Waals surface area contributed by atoms with Crippen molar-refractivity contribution in [3.05, 3.63) is 77.3 Å². The first-order valence-electron chi connectivity index (χ1n) is 9.89. The van der Waals surface area contributed by atoms with Gasteiger partial charge in [-0.3, -0.25) is 4.79 Å². The van der Waals surface area contributed by atoms with Gasteiger partial charge in [-0.2, -0.15) is 10.1 Å². The molecule has 1 aliphatic heterocycles. The van der Waals surface area contributed by atoms with Gasteiger partial charge in [0, 0.05) is 29.3 Å². The number of ether oxygens (including phenoxy) is 2. The molecule has 1 aromatic heterocycles. The topological polar surface area (TPSA) is 78.3 Å². The second-order valence-corrected chi connectivity index (χ2v) is 7.49. The molecule has 0 spiro atoms. The molecular formula is C23H22N4O3. The number of aromatic nitrogens is 3. The monoisotopic (exact) mass is 402 g/mol. The molecule has 30 heavy (non-hydrogen) atoms. The number of nitrogens with zero attached hydrogens (tertiary/aromatic N) is 3. The molecule has 0 unspecified atom stereocenters.